The van der Waals surface area contributed by atoms with Gasteiger partial charge in [0.2, 0.25) is 5.95 Å². The molecule has 1 aliphatic rings. The molecule has 0 radical (unpaired) electrons. The van der Waals surface area contributed by atoms with Crippen LogP contribution in [0.1, 0.15) is 17.5 Å². The predicted molar refractivity (Wildman–Crippen MR) is 99.7 cm³/mol. The van der Waals surface area contributed by atoms with Crippen LogP contribution in [0.2, 0.25) is 0 Å². The van der Waals surface area contributed by atoms with Crippen LogP contribution in [0.25, 0.3) is 11.0 Å². The Hall–Kier alpha value is -2.61. The van der Waals surface area contributed by atoms with Gasteiger partial charge in [-0.3, -0.25) is 10.00 Å². The second-order valence-corrected chi connectivity index (χ2v) is 7.19. The van der Waals surface area contributed by atoms with E-state index in [4.69, 9.17) is 0 Å². The first-order valence-electron chi connectivity index (χ1n) is 9.05. The lowest BCUT2D eigenvalue weighted by molar-refractivity contribution is -0.108. The molecule has 3 heterocycles. The smallest absolute Gasteiger partial charge is 0.265 e. The van der Waals surface area contributed by atoms with E-state index in [1.807, 2.05) is 36.1 Å². The standard InChI is InChI=1S/C19H22F2N6/c1-13-2-4-14(5-3-13)11-27-7-6-16(19(20,21)12-27)10-23-18-22-8-15-9-24-26-17(15)25-18/h2-5,8-9,16H,6-7,10-12H2,1H3,(H2,22,23,24,25,26)/t16-/m1/s1. The summed E-state index contributed by atoms with van der Waals surface area (Å²) in [6, 6.07) is 8.04. The molecule has 0 aliphatic carbocycles. The van der Waals surface area contributed by atoms with Crippen molar-refractivity contribution in [2.45, 2.75) is 25.8 Å². The number of anilines is 1. The molecule has 6 nitrogen and oxygen atoms in total. The Morgan fingerprint density at radius 2 is 2.07 bits per heavy atom. The van der Waals surface area contributed by atoms with E-state index in [1.54, 1.807) is 12.4 Å². The Balaban J connectivity index is 1.35. The van der Waals surface area contributed by atoms with E-state index in [9.17, 15) is 8.78 Å². The summed E-state index contributed by atoms with van der Waals surface area (Å²) in [6.07, 6.45) is 3.67. The summed E-state index contributed by atoms with van der Waals surface area (Å²) in [4.78, 5) is 10.2. The first-order valence-corrected chi connectivity index (χ1v) is 9.05. The van der Waals surface area contributed by atoms with Crippen LogP contribution >= 0.6 is 0 Å². The molecule has 0 amide bonds. The molecule has 0 bridgehead atoms. The molecular formula is C19H22F2N6. The molecule has 1 aromatic carbocycles. The second-order valence-electron chi connectivity index (χ2n) is 7.19. The lowest BCUT2D eigenvalue weighted by Crippen LogP contribution is -2.50. The van der Waals surface area contributed by atoms with Crippen LogP contribution in [-0.4, -0.2) is 50.6 Å². The molecule has 1 saturated heterocycles. The second kappa shape index (κ2) is 7.19. The zero-order chi connectivity index (χ0) is 18.9. The number of halogens is 2. The van der Waals surface area contributed by atoms with Crippen molar-refractivity contribution in [1.29, 1.82) is 0 Å². The van der Waals surface area contributed by atoms with E-state index in [0.717, 1.165) is 10.9 Å². The summed E-state index contributed by atoms with van der Waals surface area (Å²) >= 11 is 0. The van der Waals surface area contributed by atoms with Crippen molar-refractivity contribution in [3.63, 3.8) is 0 Å². The van der Waals surface area contributed by atoms with Crippen LogP contribution in [0.5, 0.6) is 0 Å². The number of aromatic nitrogens is 4. The van der Waals surface area contributed by atoms with Crippen molar-refractivity contribution in [3.05, 3.63) is 47.8 Å². The Bertz CT molecular complexity index is 908. The van der Waals surface area contributed by atoms with Crippen LogP contribution in [0.3, 0.4) is 0 Å². The number of fused-ring (bicyclic) bond motifs is 1. The molecule has 142 valence electrons. The fourth-order valence-electron chi connectivity index (χ4n) is 3.43. The number of benzene rings is 1. The third-order valence-corrected chi connectivity index (χ3v) is 5.05. The molecule has 27 heavy (non-hydrogen) atoms. The number of aryl methyl sites for hydroxylation is 1. The highest BCUT2D eigenvalue weighted by Gasteiger charge is 2.44. The highest BCUT2D eigenvalue weighted by molar-refractivity contribution is 5.73. The minimum atomic E-state index is -2.76. The molecule has 0 unspecified atom stereocenters. The van der Waals surface area contributed by atoms with Crippen molar-refractivity contribution < 1.29 is 8.78 Å². The van der Waals surface area contributed by atoms with Gasteiger partial charge < -0.3 is 5.32 Å². The van der Waals surface area contributed by atoms with E-state index in [0.29, 0.717) is 31.1 Å². The van der Waals surface area contributed by atoms with Gasteiger partial charge in [0.05, 0.1) is 18.1 Å². The predicted octanol–water partition coefficient (Wildman–Crippen LogP) is 3.23. The van der Waals surface area contributed by atoms with Gasteiger partial charge in [0.15, 0.2) is 5.65 Å². The van der Waals surface area contributed by atoms with E-state index in [1.165, 1.54) is 5.56 Å². The number of hydrogen-bond acceptors (Lipinski definition) is 5. The third-order valence-electron chi connectivity index (χ3n) is 5.05. The normalized spacial score (nSPS) is 20.0. The summed E-state index contributed by atoms with van der Waals surface area (Å²) in [7, 11) is 0. The van der Waals surface area contributed by atoms with E-state index < -0.39 is 11.8 Å². The van der Waals surface area contributed by atoms with Crippen LogP contribution in [-0.2, 0) is 6.54 Å². The Kier molecular flexibility index (Phi) is 4.73. The van der Waals surface area contributed by atoms with E-state index in [-0.39, 0.29) is 13.1 Å². The number of nitrogens with one attached hydrogen (secondary N) is 2. The van der Waals surface area contributed by atoms with Gasteiger partial charge in [0.25, 0.3) is 5.92 Å². The van der Waals surface area contributed by atoms with Gasteiger partial charge in [-0.2, -0.15) is 10.1 Å². The zero-order valence-electron chi connectivity index (χ0n) is 15.1. The number of rotatable bonds is 5. The first kappa shape index (κ1) is 17.8. The number of H-pyrrole nitrogens is 1. The molecule has 4 rings (SSSR count). The van der Waals surface area contributed by atoms with Crippen LogP contribution in [0, 0.1) is 12.8 Å². The fourth-order valence-corrected chi connectivity index (χ4v) is 3.43. The molecule has 2 aromatic heterocycles. The van der Waals surface area contributed by atoms with Crippen molar-refractivity contribution in [2.75, 3.05) is 25.0 Å². The molecule has 1 aliphatic heterocycles. The number of nitrogens with zero attached hydrogens (tertiary/aromatic N) is 4. The van der Waals surface area contributed by atoms with Crippen molar-refractivity contribution in [1.82, 2.24) is 25.1 Å². The summed E-state index contributed by atoms with van der Waals surface area (Å²) in [5, 5.41) is 10.4. The van der Waals surface area contributed by atoms with Gasteiger partial charge in [-0.1, -0.05) is 29.8 Å². The summed E-state index contributed by atoms with van der Waals surface area (Å²) in [5.41, 5.74) is 2.82. The van der Waals surface area contributed by atoms with Crippen molar-refractivity contribution in [2.24, 2.45) is 5.92 Å². The number of likely N-dealkylation sites (tertiary alicyclic amines) is 1. The first-order chi connectivity index (χ1) is 13.0. The van der Waals surface area contributed by atoms with Crippen LogP contribution < -0.4 is 5.32 Å². The molecule has 1 fully saturated rings. The SMILES string of the molecule is Cc1ccc(CN2CC[C@H](CNc3ncc4cn[nH]c4n3)C(F)(F)C2)cc1. The topological polar surface area (TPSA) is 69.7 Å². The van der Waals surface area contributed by atoms with Crippen molar-refractivity contribution >= 4 is 17.0 Å². The minimum Gasteiger partial charge on any atom is -0.354 e. The zero-order valence-corrected chi connectivity index (χ0v) is 15.1. The highest BCUT2D eigenvalue weighted by Crippen LogP contribution is 2.33. The van der Waals surface area contributed by atoms with Gasteiger partial charge in [-0.25, -0.2) is 13.8 Å². The monoisotopic (exact) mass is 372 g/mol. The molecule has 8 heteroatoms. The minimum absolute atomic E-state index is 0.144. The molecule has 0 saturated carbocycles. The van der Waals surface area contributed by atoms with Gasteiger partial charge in [0.1, 0.15) is 0 Å². The van der Waals surface area contributed by atoms with E-state index in [2.05, 4.69) is 25.5 Å². The molecular weight excluding hydrogens is 350 g/mol. The van der Waals surface area contributed by atoms with Gasteiger partial charge >= 0.3 is 0 Å². The lowest BCUT2D eigenvalue weighted by Gasteiger charge is -2.38. The summed E-state index contributed by atoms with van der Waals surface area (Å²) in [6.45, 7) is 3.13. The maximum absolute atomic E-state index is 14.7. The number of alkyl halides is 2. The largest absolute Gasteiger partial charge is 0.354 e. The lowest BCUT2D eigenvalue weighted by atomic mass is 9.92. The highest BCUT2D eigenvalue weighted by atomic mass is 19.3. The average Bonchev–Trinajstić information content (AvgIpc) is 3.10. The average molecular weight is 372 g/mol. The van der Waals surface area contributed by atoms with Crippen LogP contribution in [0.15, 0.2) is 36.7 Å². The summed E-state index contributed by atoms with van der Waals surface area (Å²) in [5.74, 6) is -3.16. The van der Waals surface area contributed by atoms with Gasteiger partial charge in [-0.05, 0) is 25.5 Å². The Morgan fingerprint density at radius 3 is 2.85 bits per heavy atom. The van der Waals surface area contributed by atoms with E-state index >= 15 is 0 Å². The number of piperidine rings is 1. The quantitative estimate of drug-likeness (QED) is 0.720. The fraction of sp³-hybridized carbons (Fsp3) is 0.421. The summed E-state index contributed by atoms with van der Waals surface area (Å²) < 4.78 is 29.3. The van der Waals surface area contributed by atoms with Crippen LogP contribution in [0.4, 0.5) is 14.7 Å². The Morgan fingerprint density at radius 1 is 1.26 bits per heavy atom. The number of hydrogen-bond donors (Lipinski definition) is 2. The van der Waals surface area contributed by atoms with Crippen molar-refractivity contribution in [3.8, 4) is 0 Å². The maximum atomic E-state index is 14.7. The molecule has 0 spiro atoms. The molecule has 1 atom stereocenters. The third kappa shape index (κ3) is 4.05. The Labute approximate surface area is 156 Å². The molecule has 2 N–H and O–H groups in total. The molecule has 3 aromatic rings. The maximum Gasteiger partial charge on any atom is 0.265 e. The number of aromatic amines is 1. The van der Waals surface area contributed by atoms with Gasteiger partial charge in [0, 0.05) is 25.2 Å². The van der Waals surface area contributed by atoms with Gasteiger partial charge in [-0.15, -0.1) is 0 Å².